The van der Waals surface area contributed by atoms with Gasteiger partial charge in [-0.2, -0.15) is 0 Å². The average Bonchev–Trinajstić information content (AvgIpc) is 3.10. The number of fused-ring (bicyclic) bond motifs is 5. The van der Waals surface area contributed by atoms with E-state index in [0.717, 1.165) is 31.4 Å². The number of amides is 1. The SMILES string of the molecule is COc1ccc(CC2CC[C@H]3[C@@H]4CCC5NC(=O)C(C(=O)O)=C[C@]5(C)[C@@H]4CC[C@]23C)cc1. The molecule has 5 rings (SSSR count). The Morgan fingerprint density at radius 2 is 1.84 bits per heavy atom. The summed E-state index contributed by atoms with van der Waals surface area (Å²) in [6.07, 6.45) is 9.86. The molecule has 0 saturated heterocycles. The molecular formula is C27H35NO4. The summed E-state index contributed by atoms with van der Waals surface area (Å²) >= 11 is 0. The van der Waals surface area contributed by atoms with E-state index in [4.69, 9.17) is 4.74 Å². The van der Waals surface area contributed by atoms with E-state index in [1.807, 2.05) is 6.08 Å². The lowest BCUT2D eigenvalue weighted by molar-refractivity contribution is -0.137. The number of carbonyl (C=O) groups is 2. The molecule has 7 atom stereocenters. The van der Waals surface area contributed by atoms with E-state index in [1.165, 1.54) is 24.8 Å². The van der Waals surface area contributed by atoms with Crippen molar-refractivity contribution >= 4 is 11.9 Å². The highest BCUT2D eigenvalue weighted by Gasteiger charge is 2.60. The van der Waals surface area contributed by atoms with Crippen LogP contribution in [-0.4, -0.2) is 30.1 Å². The third kappa shape index (κ3) is 3.19. The Bertz CT molecular complexity index is 953. The van der Waals surface area contributed by atoms with Gasteiger partial charge in [-0.3, -0.25) is 4.79 Å². The Hall–Kier alpha value is -2.30. The lowest BCUT2D eigenvalue weighted by atomic mass is 9.47. The molecule has 3 saturated carbocycles. The van der Waals surface area contributed by atoms with Crippen LogP contribution in [0, 0.1) is 34.5 Å². The first kappa shape index (κ1) is 21.5. The molecule has 3 aliphatic carbocycles. The fourth-order valence-electron chi connectivity index (χ4n) is 8.09. The predicted octanol–water partition coefficient (Wildman–Crippen LogP) is 4.61. The molecule has 0 aromatic heterocycles. The molecule has 4 aliphatic rings. The standard InChI is InChI=1S/C27H35NO4/c1-26-13-12-22-19(9-11-23-27(22,2)15-20(25(30)31)24(29)28-23)21(26)10-6-17(26)14-16-4-7-18(32-3)8-5-16/h4-5,7-8,15,17,19,21-23H,6,9-14H2,1-3H3,(H,28,29)(H,30,31)/t17?,19-,21-,22+,23?,26+,27+/m0/s1. The molecule has 5 heteroatoms. The second kappa shape index (κ2) is 7.64. The van der Waals surface area contributed by atoms with Gasteiger partial charge in [-0.25, -0.2) is 4.79 Å². The van der Waals surface area contributed by atoms with Crippen LogP contribution in [0.25, 0.3) is 0 Å². The molecule has 3 fully saturated rings. The molecule has 0 radical (unpaired) electrons. The van der Waals surface area contributed by atoms with Crippen LogP contribution in [0.15, 0.2) is 35.9 Å². The molecule has 1 aromatic rings. The zero-order valence-electron chi connectivity index (χ0n) is 19.4. The minimum atomic E-state index is -1.11. The number of hydrogen-bond donors (Lipinski definition) is 2. The van der Waals surface area contributed by atoms with Crippen LogP contribution in [-0.2, 0) is 16.0 Å². The van der Waals surface area contributed by atoms with Crippen molar-refractivity contribution in [2.24, 2.45) is 34.5 Å². The largest absolute Gasteiger partial charge is 0.497 e. The van der Waals surface area contributed by atoms with Gasteiger partial charge in [0, 0.05) is 11.5 Å². The summed E-state index contributed by atoms with van der Waals surface area (Å²) in [5.41, 5.74) is 1.39. The van der Waals surface area contributed by atoms with E-state index in [2.05, 4.69) is 43.4 Å². The Morgan fingerprint density at radius 3 is 2.53 bits per heavy atom. The van der Waals surface area contributed by atoms with Crippen LogP contribution in [0.1, 0.15) is 57.9 Å². The number of hydrogen-bond acceptors (Lipinski definition) is 3. The number of nitrogens with one attached hydrogen (secondary N) is 1. The van der Waals surface area contributed by atoms with Crippen LogP contribution in [0.4, 0.5) is 0 Å². The maximum Gasteiger partial charge on any atom is 0.341 e. The van der Waals surface area contributed by atoms with Gasteiger partial charge < -0.3 is 15.2 Å². The van der Waals surface area contributed by atoms with Crippen molar-refractivity contribution in [2.75, 3.05) is 7.11 Å². The van der Waals surface area contributed by atoms with Crippen LogP contribution in [0.3, 0.4) is 0 Å². The van der Waals surface area contributed by atoms with Crippen LogP contribution in [0.2, 0.25) is 0 Å². The minimum Gasteiger partial charge on any atom is -0.497 e. The molecule has 2 unspecified atom stereocenters. The van der Waals surface area contributed by atoms with Gasteiger partial charge in [-0.1, -0.05) is 32.1 Å². The average molecular weight is 438 g/mol. The van der Waals surface area contributed by atoms with E-state index < -0.39 is 11.9 Å². The summed E-state index contributed by atoms with van der Waals surface area (Å²) in [6, 6.07) is 8.59. The van der Waals surface area contributed by atoms with Crippen molar-refractivity contribution < 1.29 is 19.4 Å². The number of rotatable bonds is 4. The van der Waals surface area contributed by atoms with E-state index in [9.17, 15) is 14.7 Å². The summed E-state index contributed by atoms with van der Waals surface area (Å²) in [5.74, 6) is 1.80. The fraction of sp³-hybridized carbons (Fsp3) is 0.630. The van der Waals surface area contributed by atoms with Gasteiger partial charge >= 0.3 is 5.97 Å². The van der Waals surface area contributed by atoms with E-state index in [-0.39, 0.29) is 17.0 Å². The Labute approximate surface area is 190 Å². The Balaban J connectivity index is 1.39. The summed E-state index contributed by atoms with van der Waals surface area (Å²) < 4.78 is 5.32. The number of carbonyl (C=O) groups excluding carboxylic acids is 1. The van der Waals surface area contributed by atoms with Crippen LogP contribution >= 0.6 is 0 Å². The number of carboxylic acid groups (broad SMARTS) is 1. The first-order valence-corrected chi connectivity index (χ1v) is 12.2. The second-order valence-electron chi connectivity index (χ2n) is 11.1. The molecular weight excluding hydrogens is 402 g/mol. The van der Waals surface area contributed by atoms with Crippen molar-refractivity contribution in [1.82, 2.24) is 5.32 Å². The van der Waals surface area contributed by atoms with E-state index >= 15 is 0 Å². The van der Waals surface area contributed by atoms with Gasteiger partial charge in [0.25, 0.3) is 5.91 Å². The molecule has 32 heavy (non-hydrogen) atoms. The highest BCUT2D eigenvalue weighted by atomic mass is 16.5. The highest BCUT2D eigenvalue weighted by molar-refractivity contribution is 6.16. The van der Waals surface area contributed by atoms with Gasteiger partial charge in [-0.05, 0) is 91.7 Å². The van der Waals surface area contributed by atoms with Crippen molar-refractivity contribution in [3.05, 3.63) is 41.5 Å². The van der Waals surface area contributed by atoms with Gasteiger partial charge in [-0.15, -0.1) is 0 Å². The number of aliphatic carboxylic acids is 1. The molecule has 1 heterocycles. The zero-order chi connectivity index (χ0) is 22.7. The summed E-state index contributed by atoms with van der Waals surface area (Å²) in [6.45, 7) is 4.72. The molecule has 1 amide bonds. The number of ether oxygens (including phenoxy) is 1. The first-order chi connectivity index (χ1) is 15.3. The molecule has 0 bridgehead atoms. The van der Waals surface area contributed by atoms with Crippen LogP contribution < -0.4 is 10.1 Å². The fourth-order valence-corrected chi connectivity index (χ4v) is 8.09. The summed E-state index contributed by atoms with van der Waals surface area (Å²) in [5, 5.41) is 12.6. The maximum absolute atomic E-state index is 12.3. The van der Waals surface area contributed by atoms with Crippen molar-refractivity contribution in [3.63, 3.8) is 0 Å². The third-order valence-corrected chi connectivity index (χ3v) is 9.85. The Morgan fingerprint density at radius 1 is 1.09 bits per heavy atom. The normalized spacial score (nSPS) is 40.4. The zero-order valence-corrected chi connectivity index (χ0v) is 19.4. The predicted molar refractivity (Wildman–Crippen MR) is 122 cm³/mol. The minimum absolute atomic E-state index is 0.0557. The monoisotopic (exact) mass is 437 g/mol. The topological polar surface area (TPSA) is 75.6 Å². The smallest absolute Gasteiger partial charge is 0.341 e. The second-order valence-corrected chi connectivity index (χ2v) is 11.1. The third-order valence-electron chi connectivity index (χ3n) is 9.85. The van der Waals surface area contributed by atoms with Gasteiger partial charge in [0.05, 0.1) is 7.11 Å². The molecule has 1 aromatic carbocycles. The number of methoxy groups -OCH3 is 1. The quantitative estimate of drug-likeness (QED) is 0.675. The highest BCUT2D eigenvalue weighted by Crippen LogP contribution is 2.65. The van der Waals surface area contributed by atoms with Gasteiger partial charge in [0.2, 0.25) is 0 Å². The van der Waals surface area contributed by atoms with Crippen molar-refractivity contribution in [3.8, 4) is 5.75 Å². The lowest BCUT2D eigenvalue weighted by Gasteiger charge is -2.59. The lowest BCUT2D eigenvalue weighted by Crippen LogP contribution is -2.60. The first-order valence-electron chi connectivity index (χ1n) is 12.2. The summed E-state index contributed by atoms with van der Waals surface area (Å²) in [7, 11) is 1.71. The van der Waals surface area contributed by atoms with Crippen LogP contribution in [0.5, 0.6) is 5.75 Å². The van der Waals surface area contributed by atoms with E-state index in [0.29, 0.717) is 29.1 Å². The van der Waals surface area contributed by atoms with Crippen molar-refractivity contribution in [1.29, 1.82) is 0 Å². The number of carboxylic acids is 1. The molecule has 0 spiro atoms. The molecule has 5 nitrogen and oxygen atoms in total. The van der Waals surface area contributed by atoms with Gasteiger partial charge in [0.1, 0.15) is 11.3 Å². The molecule has 1 aliphatic heterocycles. The molecule has 2 N–H and O–H groups in total. The van der Waals surface area contributed by atoms with Crippen molar-refractivity contribution in [2.45, 2.75) is 64.8 Å². The maximum atomic E-state index is 12.3. The Kier molecular flexibility index (Phi) is 5.14. The van der Waals surface area contributed by atoms with Gasteiger partial charge in [0.15, 0.2) is 0 Å². The van der Waals surface area contributed by atoms with E-state index in [1.54, 1.807) is 7.11 Å². The summed E-state index contributed by atoms with van der Waals surface area (Å²) in [4.78, 5) is 24.0. The molecule has 172 valence electrons. The number of benzene rings is 1.